The number of aromatic nitrogens is 3. The van der Waals surface area contributed by atoms with E-state index in [1.54, 1.807) is 18.0 Å². The number of anilines is 1. The lowest BCUT2D eigenvalue weighted by molar-refractivity contribution is 0.0308. The fraction of sp³-hybridized carbons (Fsp3) is 0.333. The van der Waals surface area contributed by atoms with Crippen LogP contribution < -0.4 is 11.1 Å². The molecule has 0 saturated carbocycles. The van der Waals surface area contributed by atoms with Crippen molar-refractivity contribution < 1.29 is 10.2 Å². The van der Waals surface area contributed by atoms with Crippen molar-refractivity contribution >= 4 is 28.6 Å². The Balaban J connectivity index is 1.52. The van der Waals surface area contributed by atoms with Gasteiger partial charge in [0.05, 0.1) is 17.7 Å². The van der Waals surface area contributed by atoms with Crippen LogP contribution in [0.1, 0.15) is 17.2 Å². The predicted octanol–water partition coefficient (Wildman–Crippen LogP) is 1.38. The van der Waals surface area contributed by atoms with Gasteiger partial charge in [0, 0.05) is 28.5 Å². The van der Waals surface area contributed by atoms with Crippen LogP contribution in [0.15, 0.2) is 41.7 Å². The number of hydrogen-bond donors (Lipinski definition) is 5. The number of nitrogens with one attached hydrogen (secondary N) is 2. The minimum atomic E-state index is -0.922. The Morgan fingerprint density at radius 3 is 2.69 bits per heavy atom. The number of nitrogens with zero attached hydrogens (tertiary/aromatic N) is 2. The van der Waals surface area contributed by atoms with Crippen molar-refractivity contribution in [3.05, 3.63) is 47.9 Å². The summed E-state index contributed by atoms with van der Waals surface area (Å²) in [5.74, 6) is 1.01. The van der Waals surface area contributed by atoms with Gasteiger partial charge in [-0.1, -0.05) is 17.7 Å². The zero-order chi connectivity index (χ0) is 18.3. The number of aromatic amines is 1. The van der Waals surface area contributed by atoms with Crippen LogP contribution in [0.2, 0.25) is 0 Å². The van der Waals surface area contributed by atoms with Gasteiger partial charge in [0.1, 0.15) is 17.9 Å². The van der Waals surface area contributed by atoms with E-state index in [9.17, 15) is 10.2 Å². The smallest absolute Gasteiger partial charge is 0.151 e. The Morgan fingerprint density at radius 1 is 1.15 bits per heavy atom. The second-order valence-corrected chi connectivity index (χ2v) is 7.68. The number of aryl methyl sites for hydroxylation is 1. The average Bonchev–Trinajstić information content (AvgIpc) is 3.18. The molecule has 1 fully saturated rings. The van der Waals surface area contributed by atoms with E-state index < -0.39 is 18.2 Å². The number of H-pyrrole nitrogens is 1. The topological polar surface area (TPSA) is 120 Å². The molecule has 0 bridgehead atoms. The van der Waals surface area contributed by atoms with Crippen molar-refractivity contribution in [3.8, 4) is 0 Å². The van der Waals surface area contributed by atoms with Crippen molar-refractivity contribution in [2.45, 2.75) is 36.1 Å². The first-order valence-electron chi connectivity index (χ1n) is 8.43. The number of hydrogen-bond acceptors (Lipinski definition) is 7. The maximum Gasteiger partial charge on any atom is 0.151 e. The van der Waals surface area contributed by atoms with Crippen LogP contribution in [0.4, 0.5) is 5.82 Å². The van der Waals surface area contributed by atoms with Crippen molar-refractivity contribution in [1.29, 1.82) is 0 Å². The summed E-state index contributed by atoms with van der Waals surface area (Å²) >= 11 is 1.65. The van der Waals surface area contributed by atoms with E-state index in [0.29, 0.717) is 22.6 Å². The van der Waals surface area contributed by atoms with E-state index >= 15 is 0 Å². The SMILES string of the molecule is Cc1ccc(SC[C@H]2N[C@@H](c3c[nH]c4c(N)ncnc34)C(O)[C@H]2O)cc1. The lowest BCUT2D eigenvalue weighted by Gasteiger charge is -2.15. The molecule has 0 radical (unpaired) electrons. The summed E-state index contributed by atoms with van der Waals surface area (Å²) in [7, 11) is 0. The molecule has 0 amide bonds. The second-order valence-electron chi connectivity index (χ2n) is 6.58. The number of aliphatic hydroxyl groups excluding tert-OH is 2. The summed E-state index contributed by atoms with van der Waals surface area (Å²) in [5, 5.41) is 24.4. The number of thioether (sulfide) groups is 1. The highest BCUT2D eigenvalue weighted by molar-refractivity contribution is 7.99. The Morgan fingerprint density at radius 2 is 1.92 bits per heavy atom. The van der Waals surface area contributed by atoms with Gasteiger partial charge in [-0.15, -0.1) is 11.8 Å². The van der Waals surface area contributed by atoms with Crippen LogP contribution >= 0.6 is 11.8 Å². The molecule has 4 atom stereocenters. The van der Waals surface area contributed by atoms with Crippen LogP contribution in [0, 0.1) is 6.92 Å². The Bertz CT molecular complexity index is 914. The summed E-state index contributed by atoms with van der Waals surface area (Å²) in [6.45, 7) is 2.05. The monoisotopic (exact) mass is 371 g/mol. The Kier molecular flexibility index (Phi) is 4.58. The van der Waals surface area contributed by atoms with Crippen LogP contribution in [0.5, 0.6) is 0 Å². The van der Waals surface area contributed by atoms with Crippen LogP contribution in [-0.2, 0) is 0 Å². The maximum atomic E-state index is 10.6. The highest BCUT2D eigenvalue weighted by Gasteiger charge is 2.42. The van der Waals surface area contributed by atoms with Gasteiger partial charge in [0.15, 0.2) is 5.82 Å². The molecule has 2 aromatic heterocycles. The minimum absolute atomic E-state index is 0.231. The van der Waals surface area contributed by atoms with Crippen LogP contribution in [0.25, 0.3) is 11.0 Å². The van der Waals surface area contributed by atoms with Crippen molar-refractivity contribution in [3.63, 3.8) is 0 Å². The number of fused-ring (bicyclic) bond motifs is 1. The van der Waals surface area contributed by atoms with Gasteiger partial charge in [0.25, 0.3) is 0 Å². The molecular weight excluding hydrogens is 350 g/mol. The lowest BCUT2D eigenvalue weighted by atomic mass is 10.0. The summed E-state index contributed by atoms with van der Waals surface area (Å²) in [5.41, 5.74) is 9.16. The molecule has 1 unspecified atom stereocenters. The van der Waals surface area contributed by atoms with E-state index in [1.807, 2.05) is 0 Å². The standard InChI is InChI=1S/C18H21N5O2S/c1-9-2-4-10(5-3-9)26-7-12-16(24)17(25)14(23-12)11-6-20-15-13(11)21-8-22-18(15)19/h2-6,8,12,14,16-17,20,23-25H,7H2,1H3,(H2,19,21,22)/t12-,14+,16+,17?/m1/s1. The van der Waals surface area contributed by atoms with Crippen molar-refractivity contribution in [2.75, 3.05) is 11.5 Å². The molecule has 1 aliphatic heterocycles. The molecule has 0 spiro atoms. The molecule has 136 valence electrons. The molecule has 8 heteroatoms. The number of rotatable bonds is 4. The number of aliphatic hydroxyl groups is 2. The fourth-order valence-corrected chi connectivity index (χ4v) is 4.31. The first-order chi connectivity index (χ1) is 12.5. The zero-order valence-corrected chi connectivity index (χ0v) is 15.1. The highest BCUT2D eigenvalue weighted by atomic mass is 32.2. The summed E-state index contributed by atoms with van der Waals surface area (Å²) in [6.07, 6.45) is 1.38. The third-order valence-corrected chi connectivity index (χ3v) is 5.94. The largest absolute Gasteiger partial charge is 0.389 e. The van der Waals surface area contributed by atoms with Gasteiger partial charge in [-0.25, -0.2) is 9.97 Å². The molecule has 3 heterocycles. The van der Waals surface area contributed by atoms with E-state index in [1.165, 1.54) is 11.9 Å². The molecule has 3 aromatic rings. The molecule has 4 rings (SSSR count). The molecule has 26 heavy (non-hydrogen) atoms. The first kappa shape index (κ1) is 17.3. The summed E-state index contributed by atoms with van der Waals surface area (Å²) in [4.78, 5) is 12.4. The van der Waals surface area contributed by atoms with Gasteiger partial charge >= 0.3 is 0 Å². The number of benzene rings is 1. The number of nitrogens with two attached hydrogens (primary N) is 1. The Labute approximate surface area is 155 Å². The molecule has 6 N–H and O–H groups in total. The van der Waals surface area contributed by atoms with E-state index in [-0.39, 0.29) is 6.04 Å². The third kappa shape index (κ3) is 3.05. The van der Waals surface area contributed by atoms with Gasteiger partial charge in [-0.2, -0.15) is 0 Å². The molecule has 7 nitrogen and oxygen atoms in total. The van der Waals surface area contributed by atoms with Gasteiger partial charge < -0.3 is 26.2 Å². The lowest BCUT2D eigenvalue weighted by Crippen LogP contribution is -2.35. The van der Waals surface area contributed by atoms with Gasteiger partial charge in [-0.3, -0.25) is 0 Å². The third-order valence-electron chi connectivity index (χ3n) is 4.80. The molecule has 0 aliphatic carbocycles. The fourth-order valence-electron chi connectivity index (χ4n) is 3.32. The van der Waals surface area contributed by atoms with Crippen LogP contribution in [-0.4, -0.2) is 49.2 Å². The molecule has 1 aliphatic rings. The van der Waals surface area contributed by atoms with E-state index in [2.05, 4.69) is 51.5 Å². The Hall–Kier alpha value is -2.13. The van der Waals surface area contributed by atoms with Crippen molar-refractivity contribution in [1.82, 2.24) is 20.3 Å². The van der Waals surface area contributed by atoms with Gasteiger partial charge in [0.2, 0.25) is 0 Å². The van der Waals surface area contributed by atoms with E-state index in [4.69, 9.17) is 5.73 Å². The minimum Gasteiger partial charge on any atom is -0.389 e. The summed E-state index contributed by atoms with van der Waals surface area (Å²) < 4.78 is 0. The number of nitrogen functional groups attached to an aromatic ring is 1. The molecular formula is C18H21N5O2S. The highest BCUT2D eigenvalue weighted by Crippen LogP contribution is 2.34. The predicted molar refractivity (Wildman–Crippen MR) is 102 cm³/mol. The molecule has 1 aromatic carbocycles. The van der Waals surface area contributed by atoms with E-state index in [0.717, 1.165) is 10.5 Å². The summed E-state index contributed by atoms with van der Waals surface area (Å²) in [6, 6.07) is 7.61. The van der Waals surface area contributed by atoms with Gasteiger partial charge in [-0.05, 0) is 19.1 Å². The second kappa shape index (κ2) is 6.88. The quantitative estimate of drug-likeness (QED) is 0.439. The zero-order valence-electron chi connectivity index (χ0n) is 14.3. The molecule has 1 saturated heterocycles. The van der Waals surface area contributed by atoms with Crippen molar-refractivity contribution in [2.24, 2.45) is 0 Å². The maximum absolute atomic E-state index is 10.6. The normalized spacial score (nSPS) is 25.8. The first-order valence-corrected chi connectivity index (χ1v) is 9.42. The van der Waals surface area contributed by atoms with Crippen LogP contribution in [0.3, 0.4) is 0 Å². The average molecular weight is 371 g/mol.